The standard InChI is InChI=1S/C22H32O5/c1-2-3-4-5-6-9-12-18-19(21(25)16-20(18)24)15-14-17(23)11-8-7-10-13-22(26)27/h3-4,6-9,14-15,17-19,21,23,25H,2,5,10-13,16H2,1H3,(H,26,27)/b4-3-,8-7-,9-6-,15-14+/t17-,18+,19+,21+/m1/s1. The Kier molecular flexibility index (Phi) is 11.3. The van der Waals surface area contributed by atoms with Crippen molar-refractivity contribution in [2.45, 2.75) is 64.1 Å². The fourth-order valence-electron chi connectivity index (χ4n) is 3.10. The molecule has 27 heavy (non-hydrogen) atoms. The van der Waals surface area contributed by atoms with Crippen LogP contribution >= 0.6 is 0 Å². The Balaban J connectivity index is 2.50. The fourth-order valence-corrected chi connectivity index (χ4v) is 3.10. The van der Waals surface area contributed by atoms with Gasteiger partial charge in [-0.1, -0.05) is 55.5 Å². The van der Waals surface area contributed by atoms with Crippen LogP contribution in [0.4, 0.5) is 0 Å². The molecule has 0 unspecified atom stereocenters. The Hall–Kier alpha value is -1.98. The zero-order chi connectivity index (χ0) is 20.1. The van der Waals surface area contributed by atoms with Gasteiger partial charge >= 0.3 is 5.97 Å². The number of carbonyl (C=O) groups excluding carboxylic acids is 1. The number of carboxylic acid groups (broad SMARTS) is 1. The van der Waals surface area contributed by atoms with Crippen molar-refractivity contribution in [2.75, 3.05) is 0 Å². The Morgan fingerprint density at radius 2 is 1.93 bits per heavy atom. The third kappa shape index (κ3) is 9.50. The van der Waals surface area contributed by atoms with Gasteiger partial charge in [0.25, 0.3) is 0 Å². The van der Waals surface area contributed by atoms with Crippen LogP contribution in [0.2, 0.25) is 0 Å². The normalized spacial score (nSPS) is 24.9. The van der Waals surface area contributed by atoms with Crippen LogP contribution in [0.5, 0.6) is 0 Å². The highest BCUT2D eigenvalue weighted by molar-refractivity contribution is 5.84. The first-order valence-electron chi connectivity index (χ1n) is 9.69. The molecule has 1 aliphatic carbocycles. The third-order valence-electron chi connectivity index (χ3n) is 4.59. The number of aliphatic carboxylic acids is 1. The summed E-state index contributed by atoms with van der Waals surface area (Å²) in [4.78, 5) is 22.6. The van der Waals surface area contributed by atoms with Crippen molar-refractivity contribution >= 4 is 11.8 Å². The minimum atomic E-state index is -0.846. The largest absolute Gasteiger partial charge is 0.481 e. The molecule has 1 fully saturated rings. The van der Waals surface area contributed by atoms with Gasteiger partial charge in [0.1, 0.15) is 5.78 Å². The van der Waals surface area contributed by atoms with Gasteiger partial charge in [0.2, 0.25) is 0 Å². The first-order chi connectivity index (χ1) is 13.0. The highest BCUT2D eigenvalue weighted by atomic mass is 16.4. The Morgan fingerprint density at radius 3 is 2.63 bits per heavy atom. The predicted octanol–water partition coefficient (Wildman–Crippen LogP) is 3.58. The van der Waals surface area contributed by atoms with Crippen molar-refractivity contribution in [1.82, 2.24) is 0 Å². The Labute approximate surface area is 161 Å². The van der Waals surface area contributed by atoms with Crippen LogP contribution in [0.25, 0.3) is 0 Å². The molecule has 5 heteroatoms. The Morgan fingerprint density at radius 1 is 1.19 bits per heavy atom. The van der Waals surface area contributed by atoms with E-state index in [-0.39, 0.29) is 30.5 Å². The van der Waals surface area contributed by atoms with Crippen LogP contribution < -0.4 is 0 Å². The van der Waals surface area contributed by atoms with Crippen LogP contribution in [0.1, 0.15) is 51.9 Å². The van der Waals surface area contributed by atoms with E-state index in [1.807, 2.05) is 12.2 Å². The van der Waals surface area contributed by atoms with Crippen molar-refractivity contribution in [3.63, 3.8) is 0 Å². The molecule has 0 spiro atoms. The lowest BCUT2D eigenvalue weighted by Crippen LogP contribution is -2.18. The number of aliphatic hydroxyl groups excluding tert-OH is 2. The lowest BCUT2D eigenvalue weighted by Gasteiger charge is -2.16. The van der Waals surface area contributed by atoms with Crippen LogP contribution in [0, 0.1) is 11.8 Å². The van der Waals surface area contributed by atoms with E-state index < -0.39 is 18.2 Å². The van der Waals surface area contributed by atoms with Crippen molar-refractivity contribution in [3.8, 4) is 0 Å². The van der Waals surface area contributed by atoms with Crippen molar-refractivity contribution in [1.29, 1.82) is 0 Å². The summed E-state index contributed by atoms with van der Waals surface area (Å²) in [5.41, 5.74) is 0. The second kappa shape index (κ2) is 13.2. The van der Waals surface area contributed by atoms with E-state index in [4.69, 9.17) is 5.11 Å². The van der Waals surface area contributed by atoms with E-state index in [1.165, 1.54) is 0 Å². The van der Waals surface area contributed by atoms with E-state index >= 15 is 0 Å². The molecule has 1 aliphatic rings. The van der Waals surface area contributed by atoms with E-state index in [2.05, 4.69) is 19.1 Å². The van der Waals surface area contributed by atoms with Gasteiger partial charge in [-0.25, -0.2) is 0 Å². The summed E-state index contributed by atoms with van der Waals surface area (Å²) in [7, 11) is 0. The summed E-state index contributed by atoms with van der Waals surface area (Å²) >= 11 is 0. The molecule has 1 saturated carbocycles. The molecule has 0 aliphatic heterocycles. The van der Waals surface area contributed by atoms with Gasteiger partial charge in [0.15, 0.2) is 0 Å². The average molecular weight is 376 g/mol. The molecule has 3 N–H and O–H groups in total. The van der Waals surface area contributed by atoms with Crippen molar-refractivity contribution in [2.24, 2.45) is 11.8 Å². The summed E-state index contributed by atoms with van der Waals surface area (Å²) < 4.78 is 0. The maximum atomic E-state index is 12.1. The number of hydrogen-bond acceptors (Lipinski definition) is 4. The summed E-state index contributed by atoms with van der Waals surface area (Å²) in [5, 5.41) is 28.7. The van der Waals surface area contributed by atoms with E-state index in [9.17, 15) is 19.8 Å². The van der Waals surface area contributed by atoms with Gasteiger partial charge in [0, 0.05) is 24.7 Å². The molecule has 0 radical (unpaired) electrons. The van der Waals surface area contributed by atoms with Crippen LogP contribution in [0.3, 0.4) is 0 Å². The molecular formula is C22H32O5. The van der Waals surface area contributed by atoms with Crippen LogP contribution in [-0.4, -0.2) is 39.3 Å². The van der Waals surface area contributed by atoms with Gasteiger partial charge in [0.05, 0.1) is 12.2 Å². The zero-order valence-electron chi connectivity index (χ0n) is 16.0. The van der Waals surface area contributed by atoms with E-state index in [0.717, 1.165) is 12.8 Å². The van der Waals surface area contributed by atoms with Gasteiger partial charge in [-0.15, -0.1) is 0 Å². The van der Waals surface area contributed by atoms with Crippen LogP contribution in [-0.2, 0) is 9.59 Å². The highest BCUT2D eigenvalue weighted by Gasteiger charge is 2.39. The minimum absolute atomic E-state index is 0.0638. The maximum absolute atomic E-state index is 12.1. The summed E-state index contributed by atoms with van der Waals surface area (Å²) in [6, 6.07) is 0. The number of carbonyl (C=O) groups is 2. The van der Waals surface area contributed by atoms with Gasteiger partial charge in [-0.2, -0.15) is 0 Å². The van der Waals surface area contributed by atoms with Crippen molar-refractivity contribution in [3.05, 3.63) is 48.6 Å². The quantitative estimate of drug-likeness (QED) is 0.453. The molecule has 0 heterocycles. The van der Waals surface area contributed by atoms with E-state index in [1.54, 1.807) is 24.3 Å². The molecule has 0 aromatic carbocycles. The van der Waals surface area contributed by atoms with Crippen LogP contribution in [0.15, 0.2) is 48.6 Å². The van der Waals surface area contributed by atoms with Gasteiger partial charge in [-0.05, 0) is 32.1 Å². The maximum Gasteiger partial charge on any atom is 0.303 e. The highest BCUT2D eigenvalue weighted by Crippen LogP contribution is 2.33. The molecule has 0 aromatic rings. The SMILES string of the molecule is CC/C=C\C/C=C\C[C@@H]1C(=O)C[C@H](O)[C@H]1/C=C/[C@H](O)C/C=C\CCC(=O)O. The average Bonchev–Trinajstić information content (AvgIpc) is 2.88. The lowest BCUT2D eigenvalue weighted by atomic mass is 9.90. The first kappa shape index (κ1) is 23.1. The summed E-state index contributed by atoms with van der Waals surface area (Å²) in [6.45, 7) is 2.08. The number of allylic oxidation sites excluding steroid dienone is 5. The summed E-state index contributed by atoms with van der Waals surface area (Å²) in [5.74, 6) is -1.31. The molecule has 0 bridgehead atoms. The lowest BCUT2D eigenvalue weighted by molar-refractivity contribution is -0.136. The smallest absolute Gasteiger partial charge is 0.303 e. The molecule has 4 atom stereocenters. The van der Waals surface area contributed by atoms with Crippen molar-refractivity contribution < 1.29 is 24.9 Å². The monoisotopic (exact) mass is 376 g/mol. The fraction of sp³-hybridized carbons (Fsp3) is 0.545. The van der Waals surface area contributed by atoms with Gasteiger partial charge < -0.3 is 15.3 Å². The number of carboxylic acids is 1. The number of ketones is 1. The topological polar surface area (TPSA) is 94.8 Å². The second-order valence-electron chi connectivity index (χ2n) is 6.84. The molecule has 0 amide bonds. The summed E-state index contributed by atoms with van der Waals surface area (Å²) in [6.07, 6.45) is 17.1. The molecule has 0 saturated heterocycles. The molecule has 150 valence electrons. The number of hydrogen-bond donors (Lipinski definition) is 3. The number of aliphatic hydroxyl groups is 2. The molecule has 5 nitrogen and oxygen atoms in total. The third-order valence-corrected chi connectivity index (χ3v) is 4.59. The molecular weight excluding hydrogens is 344 g/mol. The minimum Gasteiger partial charge on any atom is -0.481 e. The molecule has 0 aromatic heterocycles. The number of Topliss-reactive ketones (excluding diaryl/α,β-unsaturated/α-hetero) is 1. The van der Waals surface area contributed by atoms with E-state index in [0.29, 0.717) is 19.3 Å². The molecule has 1 rings (SSSR count). The predicted molar refractivity (Wildman–Crippen MR) is 106 cm³/mol. The first-order valence-corrected chi connectivity index (χ1v) is 9.69. The van der Waals surface area contributed by atoms with Gasteiger partial charge in [-0.3, -0.25) is 9.59 Å². The number of rotatable bonds is 12. The second-order valence-corrected chi connectivity index (χ2v) is 6.84. The Bertz CT molecular complexity index is 573. The zero-order valence-corrected chi connectivity index (χ0v) is 16.0.